The van der Waals surface area contributed by atoms with Gasteiger partial charge < -0.3 is 9.80 Å². The maximum atomic E-state index is 13.2. The quantitative estimate of drug-likeness (QED) is 0.516. The molecule has 0 N–H and O–H groups in total. The molecule has 35 heavy (non-hydrogen) atoms. The molecule has 2 fully saturated rings. The third-order valence-corrected chi connectivity index (χ3v) is 8.18. The molecule has 0 saturated carbocycles. The van der Waals surface area contributed by atoms with Crippen molar-refractivity contribution < 1.29 is 4.79 Å². The number of nitrogens with zero attached hydrogens (tertiary/aromatic N) is 4. The number of anilines is 1. The van der Waals surface area contributed by atoms with E-state index in [4.69, 9.17) is 0 Å². The zero-order valence-electron chi connectivity index (χ0n) is 20.1. The number of benzene rings is 2. The van der Waals surface area contributed by atoms with E-state index in [9.17, 15) is 4.79 Å². The Bertz CT molecular complexity index is 1210. The maximum absolute atomic E-state index is 13.2. The van der Waals surface area contributed by atoms with E-state index in [1.165, 1.54) is 16.7 Å². The molecule has 2 aromatic carbocycles. The number of aryl methyl sites for hydroxylation is 1. The minimum absolute atomic E-state index is 0.0184. The number of piperidine rings is 1. The van der Waals surface area contributed by atoms with Crippen LogP contribution in [0.1, 0.15) is 59.3 Å². The summed E-state index contributed by atoms with van der Waals surface area (Å²) in [6.45, 7) is 2.69. The molecule has 0 radical (unpaired) electrons. The van der Waals surface area contributed by atoms with Gasteiger partial charge in [0.25, 0.3) is 5.91 Å². The molecule has 2 saturated heterocycles. The molecular weight excluding hydrogens is 432 g/mol. The van der Waals surface area contributed by atoms with Crippen molar-refractivity contribution in [2.24, 2.45) is 0 Å². The van der Waals surface area contributed by atoms with Gasteiger partial charge in [0, 0.05) is 31.1 Å². The van der Waals surface area contributed by atoms with Crippen molar-refractivity contribution in [3.05, 3.63) is 95.2 Å². The summed E-state index contributed by atoms with van der Waals surface area (Å²) < 4.78 is 0. The highest BCUT2D eigenvalue weighted by Gasteiger charge is 2.38. The molecule has 3 heterocycles. The van der Waals surface area contributed by atoms with Gasteiger partial charge in [-0.05, 0) is 67.3 Å². The average molecular weight is 465 g/mol. The first kappa shape index (κ1) is 22.0. The minimum Gasteiger partial charge on any atom is -0.355 e. The molecule has 5 heteroatoms. The number of carbonyl (C=O) groups is 1. The first-order chi connectivity index (χ1) is 17.2. The van der Waals surface area contributed by atoms with E-state index in [0.29, 0.717) is 5.69 Å². The van der Waals surface area contributed by atoms with Crippen LogP contribution in [0.3, 0.4) is 0 Å². The third kappa shape index (κ3) is 4.24. The predicted molar refractivity (Wildman–Crippen MR) is 139 cm³/mol. The van der Waals surface area contributed by atoms with Crippen molar-refractivity contribution in [1.29, 1.82) is 0 Å². The van der Waals surface area contributed by atoms with Gasteiger partial charge in [-0.2, -0.15) is 0 Å². The number of fused-ring (bicyclic) bond motifs is 2. The number of carbonyl (C=O) groups excluding carboxylic acids is 1. The Labute approximate surface area is 207 Å². The zero-order chi connectivity index (χ0) is 23.7. The van der Waals surface area contributed by atoms with Gasteiger partial charge in [-0.3, -0.25) is 4.79 Å². The number of likely N-dealkylation sites (tertiary alicyclic amines) is 1. The fourth-order valence-electron chi connectivity index (χ4n) is 6.14. The molecule has 2 aliphatic heterocycles. The van der Waals surface area contributed by atoms with Gasteiger partial charge in [0.1, 0.15) is 0 Å². The number of amides is 1. The smallest absolute Gasteiger partial charge is 0.274 e. The van der Waals surface area contributed by atoms with Crippen molar-refractivity contribution in [3.8, 4) is 0 Å². The van der Waals surface area contributed by atoms with Crippen molar-refractivity contribution in [1.82, 2.24) is 15.1 Å². The molecule has 1 aliphatic carbocycles. The molecular formula is C30H32N4O. The predicted octanol–water partition coefficient (Wildman–Crippen LogP) is 5.28. The fourth-order valence-corrected chi connectivity index (χ4v) is 6.14. The van der Waals surface area contributed by atoms with E-state index in [0.717, 1.165) is 64.0 Å². The van der Waals surface area contributed by atoms with E-state index in [-0.39, 0.29) is 17.4 Å². The molecule has 178 valence electrons. The molecule has 1 spiro atoms. The first-order valence-electron chi connectivity index (χ1n) is 12.9. The van der Waals surface area contributed by atoms with Crippen LogP contribution in [0.15, 0.2) is 72.8 Å². The van der Waals surface area contributed by atoms with Crippen LogP contribution in [-0.4, -0.2) is 46.7 Å². The first-order valence-corrected chi connectivity index (χ1v) is 12.9. The lowest BCUT2D eigenvalue weighted by Gasteiger charge is -2.39. The number of rotatable bonds is 5. The maximum Gasteiger partial charge on any atom is 0.274 e. The van der Waals surface area contributed by atoms with Crippen LogP contribution in [0.4, 0.5) is 5.82 Å². The van der Waals surface area contributed by atoms with Gasteiger partial charge in [0.2, 0.25) is 0 Å². The standard InChI is InChI=1S/C30H32N4O/c35-29(34-20-6-10-25(34)13-12-23-7-2-1-3-8-23)27-14-15-28(32-31-27)33-21-18-30(19-22-33)17-16-24-9-4-5-11-26(24)30/h1-5,7-9,11,14-17,25H,6,10,12-13,18-22H2. The summed E-state index contributed by atoms with van der Waals surface area (Å²) in [4.78, 5) is 17.6. The van der Waals surface area contributed by atoms with E-state index >= 15 is 0 Å². The fraction of sp³-hybridized carbons (Fsp3) is 0.367. The summed E-state index contributed by atoms with van der Waals surface area (Å²) in [5.74, 6) is 0.888. The summed E-state index contributed by atoms with van der Waals surface area (Å²) in [5.41, 5.74) is 4.75. The van der Waals surface area contributed by atoms with E-state index in [1.807, 2.05) is 23.1 Å². The molecule has 6 rings (SSSR count). The van der Waals surface area contributed by atoms with Crippen LogP contribution in [0.5, 0.6) is 0 Å². The SMILES string of the molecule is O=C(c1ccc(N2CCC3(C=Cc4ccccc43)CC2)nn1)N1CCCC1CCc1ccccc1. The van der Waals surface area contributed by atoms with Crippen LogP contribution >= 0.6 is 0 Å². The van der Waals surface area contributed by atoms with Crippen LogP contribution in [-0.2, 0) is 11.8 Å². The van der Waals surface area contributed by atoms with Gasteiger partial charge in [-0.25, -0.2) is 0 Å². The Morgan fingerprint density at radius 3 is 2.51 bits per heavy atom. The molecule has 1 unspecified atom stereocenters. The normalized spacial score (nSPS) is 20.4. The second kappa shape index (κ2) is 9.29. The number of hydrogen-bond donors (Lipinski definition) is 0. The number of aromatic nitrogens is 2. The molecule has 0 bridgehead atoms. The van der Waals surface area contributed by atoms with Gasteiger partial charge in [0.05, 0.1) is 0 Å². The highest BCUT2D eigenvalue weighted by atomic mass is 16.2. The largest absolute Gasteiger partial charge is 0.355 e. The van der Waals surface area contributed by atoms with E-state index in [1.54, 1.807) is 0 Å². The monoisotopic (exact) mass is 464 g/mol. The van der Waals surface area contributed by atoms with Gasteiger partial charge in [0.15, 0.2) is 11.5 Å². The van der Waals surface area contributed by atoms with Crippen LogP contribution in [0.2, 0.25) is 0 Å². The van der Waals surface area contributed by atoms with Crippen molar-refractivity contribution in [2.75, 3.05) is 24.5 Å². The number of hydrogen-bond acceptors (Lipinski definition) is 4. The Balaban J connectivity index is 1.08. The molecule has 1 aromatic heterocycles. The summed E-state index contributed by atoms with van der Waals surface area (Å²) in [5, 5.41) is 8.86. The van der Waals surface area contributed by atoms with Crippen LogP contribution in [0.25, 0.3) is 6.08 Å². The lowest BCUT2D eigenvalue weighted by Crippen LogP contribution is -2.41. The highest BCUT2D eigenvalue weighted by molar-refractivity contribution is 5.92. The topological polar surface area (TPSA) is 49.3 Å². The Kier molecular flexibility index (Phi) is 5.85. The summed E-state index contributed by atoms with van der Waals surface area (Å²) in [6.07, 6.45) is 10.9. The second-order valence-electron chi connectivity index (χ2n) is 10.2. The van der Waals surface area contributed by atoms with Gasteiger partial charge in [-0.15, -0.1) is 10.2 Å². The summed E-state index contributed by atoms with van der Waals surface area (Å²) in [7, 11) is 0. The molecule has 3 aromatic rings. The van der Waals surface area contributed by atoms with Crippen LogP contribution < -0.4 is 4.90 Å². The Morgan fingerprint density at radius 2 is 1.71 bits per heavy atom. The van der Waals surface area contributed by atoms with Crippen molar-refractivity contribution in [2.45, 2.75) is 50.0 Å². The Hall–Kier alpha value is -3.47. The highest BCUT2D eigenvalue weighted by Crippen LogP contribution is 2.44. The lowest BCUT2D eigenvalue weighted by molar-refractivity contribution is 0.0723. The molecule has 1 atom stereocenters. The van der Waals surface area contributed by atoms with Crippen LogP contribution in [0, 0.1) is 0 Å². The van der Waals surface area contributed by atoms with E-state index in [2.05, 4.69) is 75.8 Å². The zero-order valence-corrected chi connectivity index (χ0v) is 20.1. The average Bonchev–Trinajstić information content (AvgIpc) is 3.54. The summed E-state index contributed by atoms with van der Waals surface area (Å²) >= 11 is 0. The lowest BCUT2D eigenvalue weighted by atomic mass is 9.74. The van der Waals surface area contributed by atoms with Crippen molar-refractivity contribution >= 4 is 17.8 Å². The summed E-state index contributed by atoms with van der Waals surface area (Å²) in [6, 6.07) is 23.4. The molecule has 5 nitrogen and oxygen atoms in total. The Morgan fingerprint density at radius 1 is 0.914 bits per heavy atom. The molecule has 1 amide bonds. The third-order valence-electron chi connectivity index (χ3n) is 8.18. The minimum atomic E-state index is 0.0184. The van der Waals surface area contributed by atoms with Gasteiger partial charge in [-0.1, -0.05) is 66.7 Å². The number of allylic oxidation sites excluding steroid dienone is 1. The molecule has 3 aliphatic rings. The van der Waals surface area contributed by atoms with E-state index < -0.39 is 0 Å². The van der Waals surface area contributed by atoms with Gasteiger partial charge >= 0.3 is 0 Å². The second-order valence-corrected chi connectivity index (χ2v) is 10.2. The van der Waals surface area contributed by atoms with Crippen molar-refractivity contribution in [3.63, 3.8) is 0 Å².